The molecule has 0 saturated heterocycles. The highest BCUT2D eigenvalue weighted by Crippen LogP contribution is 2.32. The highest BCUT2D eigenvalue weighted by Gasteiger charge is 2.45. The van der Waals surface area contributed by atoms with Crippen LogP contribution >= 0.6 is 0 Å². The van der Waals surface area contributed by atoms with Crippen molar-refractivity contribution < 1.29 is 24.2 Å². The third-order valence-corrected chi connectivity index (χ3v) is 4.71. The molecule has 1 aromatic heterocycles. The van der Waals surface area contributed by atoms with Crippen LogP contribution in [0.2, 0.25) is 0 Å². The molecule has 2 aromatic rings. The Morgan fingerprint density at radius 1 is 1.35 bits per heavy atom. The van der Waals surface area contributed by atoms with Gasteiger partial charge in [-0.05, 0) is 24.1 Å². The van der Waals surface area contributed by atoms with Crippen molar-refractivity contribution in [1.82, 2.24) is 10.3 Å². The predicted molar refractivity (Wildman–Crippen MR) is 94.2 cm³/mol. The minimum absolute atomic E-state index is 0.0949. The van der Waals surface area contributed by atoms with Crippen LogP contribution in [-0.2, 0) is 25.5 Å². The second-order valence-electron chi connectivity index (χ2n) is 6.20. The number of H-pyrrole nitrogens is 1. The van der Waals surface area contributed by atoms with E-state index >= 15 is 0 Å². The van der Waals surface area contributed by atoms with E-state index in [1.807, 2.05) is 30.5 Å². The molecular formula is C19H20N2O5. The summed E-state index contributed by atoms with van der Waals surface area (Å²) in [4.78, 5) is 38.8. The van der Waals surface area contributed by atoms with Gasteiger partial charge in [-0.25, -0.2) is 0 Å². The maximum atomic E-state index is 12.5. The van der Waals surface area contributed by atoms with Crippen molar-refractivity contribution in [2.24, 2.45) is 11.8 Å². The Balaban J connectivity index is 1.67. The van der Waals surface area contributed by atoms with E-state index in [9.17, 15) is 19.5 Å². The number of methoxy groups -OCH3 is 1. The van der Waals surface area contributed by atoms with E-state index in [2.05, 4.69) is 15.0 Å². The zero-order valence-corrected chi connectivity index (χ0v) is 14.3. The second-order valence-corrected chi connectivity index (χ2v) is 6.20. The van der Waals surface area contributed by atoms with Crippen LogP contribution in [0.15, 0.2) is 42.1 Å². The van der Waals surface area contributed by atoms with E-state index in [4.69, 9.17) is 0 Å². The minimum atomic E-state index is -1.22. The zero-order chi connectivity index (χ0) is 18.7. The number of aldehydes is 1. The summed E-state index contributed by atoms with van der Waals surface area (Å²) in [6, 6.07) is 7.85. The van der Waals surface area contributed by atoms with Crippen LogP contribution in [0.1, 0.15) is 5.56 Å². The highest BCUT2D eigenvalue weighted by molar-refractivity contribution is 5.96. The van der Waals surface area contributed by atoms with Gasteiger partial charge in [-0.3, -0.25) is 14.4 Å². The van der Waals surface area contributed by atoms with Gasteiger partial charge in [0.25, 0.3) is 0 Å². The van der Waals surface area contributed by atoms with Gasteiger partial charge in [0.1, 0.15) is 12.2 Å². The number of amides is 1. The topological polar surface area (TPSA) is 108 Å². The molecule has 3 atom stereocenters. The van der Waals surface area contributed by atoms with Gasteiger partial charge in [0.15, 0.2) is 0 Å². The summed E-state index contributed by atoms with van der Waals surface area (Å²) in [7, 11) is 1.18. The molecule has 0 fully saturated rings. The van der Waals surface area contributed by atoms with Crippen molar-refractivity contribution in [2.75, 3.05) is 13.7 Å². The molecule has 7 heteroatoms. The fraction of sp³-hybridized carbons (Fsp3) is 0.316. The molecule has 0 spiro atoms. The number of aromatic nitrogens is 1. The van der Waals surface area contributed by atoms with E-state index in [-0.39, 0.29) is 5.57 Å². The Morgan fingerprint density at radius 2 is 2.12 bits per heavy atom. The van der Waals surface area contributed by atoms with E-state index in [0.29, 0.717) is 19.3 Å². The number of carbonyl (C=O) groups is 3. The second kappa shape index (κ2) is 7.53. The summed E-state index contributed by atoms with van der Waals surface area (Å²) < 4.78 is 4.66. The lowest BCUT2D eigenvalue weighted by molar-refractivity contribution is -0.152. The van der Waals surface area contributed by atoms with E-state index in [1.54, 1.807) is 0 Å². The number of aliphatic hydroxyl groups is 1. The van der Waals surface area contributed by atoms with E-state index in [0.717, 1.165) is 16.5 Å². The zero-order valence-electron chi connectivity index (χ0n) is 14.3. The fourth-order valence-corrected chi connectivity index (χ4v) is 3.42. The lowest BCUT2D eigenvalue weighted by Crippen LogP contribution is -2.41. The molecule has 0 aliphatic heterocycles. The van der Waals surface area contributed by atoms with Crippen LogP contribution < -0.4 is 5.32 Å². The molecule has 7 nitrogen and oxygen atoms in total. The van der Waals surface area contributed by atoms with Crippen molar-refractivity contribution in [3.63, 3.8) is 0 Å². The third kappa shape index (κ3) is 3.25. The van der Waals surface area contributed by atoms with Gasteiger partial charge in [0.2, 0.25) is 5.91 Å². The number of ether oxygens (including phenoxy) is 1. The molecule has 136 valence electrons. The molecule has 3 rings (SSSR count). The summed E-state index contributed by atoms with van der Waals surface area (Å²) in [5.74, 6) is -3.34. The Bertz CT molecular complexity index is 870. The molecule has 0 unspecified atom stereocenters. The van der Waals surface area contributed by atoms with Crippen molar-refractivity contribution in [3.8, 4) is 0 Å². The monoisotopic (exact) mass is 356 g/mol. The van der Waals surface area contributed by atoms with E-state index in [1.165, 1.54) is 13.2 Å². The molecule has 26 heavy (non-hydrogen) atoms. The van der Waals surface area contributed by atoms with Gasteiger partial charge in [-0.15, -0.1) is 0 Å². The number of hydrogen-bond acceptors (Lipinski definition) is 5. The van der Waals surface area contributed by atoms with Crippen molar-refractivity contribution >= 4 is 29.1 Å². The number of esters is 1. The SMILES string of the molecule is COC(=O)[C@H]1[C@@H](C(=O)NCCc2c[nH]c3ccccc23)C(C=O)=C[C@H]1O. The number of hydrogen-bond donors (Lipinski definition) is 3. The summed E-state index contributed by atoms with van der Waals surface area (Å²) in [6.45, 7) is 0.341. The van der Waals surface area contributed by atoms with Crippen LogP contribution in [0.5, 0.6) is 0 Å². The van der Waals surface area contributed by atoms with Gasteiger partial charge in [-0.1, -0.05) is 18.2 Å². The molecule has 1 aliphatic carbocycles. The Hall–Kier alpha value is -2.93. The first-order valence-corrected chi connectivity index (χ1v) is 8.32. The van der Waals surface area contributed by atoms with Gasteiger partial charge in [-0.2, -0.15) is 0 Å². The molecule has 1 aromatic carbocycles. The molecule has 0 saturated carbocycles. The number of aliphatic hydroxyl groups excluding tert-OH is 1. The van der Waals surface area contributed by atoms with Crippen molar-refractivity contribution in [1.29, 1.82) is 0 Å². The van der Waals surface area contributed by atoms with Gasteiger partial charge in [0.05, 0.1) is 19.1 Å². The lowest BCUT2D eigenvalue weighted by atomic mass is 9.89. The normalized spacial score (nSPS) is 22.1. The average Bonchev–Trinajstić information content (AvgIpc) is 3.22. The standard InChI is InChI=1S/C19H20N2O5/c1-26-19(25)17-15(23)8-12(10-22)16(17)18(24)20-7-6-11-9-21-14-5-3-2-4-13(11)14/h2-5,8-10,15-17,21,23H,6-7H2,1H3,(H,20,24)/t15-,16+,17-/m1/s1. The van der Waals surface area contributed by atoms with Gasteiger partial charge >= 0.3 is 5.97 Å². The quantitative estimate of drug-likeness (QED) is 0.522. The van der Waals surface area contributed by atoms with Crippen molar-refractivity contribution in [3.05, 3.63) is 47.7 Å². The Kier molecular flexibility index (Phi) is 5.18. The van der Waals surface area contributed by atoms with E-state index < -0.39 is 29.8 Å². The van der Waals surface area contributed by atoms with Gasteiger partial charge in [0, 0.05) is 29.2 Å². The number of aromatic amines is 1. The van der Waals surface area contributed by atoms with Crippen LogP contribution in [0.3, 0.4) is 0 Å². The Labute approximate surface area is 150 Å². The van der Waals surface area contributed by atoms with Gasteiger partial charge < -0.3 is 20.1 Å². The smallest absolute Gasteiger partial charge is 0.312 e. The van der Waals surface area contributed by atoms with Crippen LogP contribution in [0, 0.1) is 11.8 Å². The number of fused-ring (bicyclic) bond motifs is 1. The summed E-state index contributed by atoms with van der Waals surface area (Å²) in [5, 5.41) is 13.8. The van der Waals surface area contributed by atoms with Crippen molar-refractivity contribution in [2.45, 2.75) is 12.5 Å². The summed E-state index contributed by atoms with van der Waals surface area (Å²) >= 11 is 0. The largest absolute Gasteiger partial charge is 0.469 e. The molecule has 0 bridgehead atoms. The third-order valence-electron chi connectivity index (χ3n) is 4.71. The average molecular weight is 356 g/mol. The predicted octanol–water partition coefficient (Wildman–Crippen LogP) is 0.732. The number of nitrogens with one attached hydrogen (secondary N) is 2. The fourth-order valence-electron chi connectivity index (χ4n) is 3.42. The van der Waals surface area contributed by atoms with Crippen LogP contribution in [0.4, 0.5) is 0 Å². The Morgan fingerprint density at radius 3 is 2.85 bits per heavy atom. The summed E-state index contributed by atoms with van der Waals surface area (Å²) in [6.07, 6.45) is 3.00. The molecular weight excluding hydrogens is 336 g/mol. The molecule has 3 N–H and O–H groups in total. The highest BCUT2D eigenvalue weighted by atomic mass is 16.5. The maximum Gasteiger partial charge on any atom is 0.312 e. The number of rotatable bonds is 6. The molecule has 1 aliphatic rings. The molecule has 1 amide bonds. The maximum absolute atomic E-state index is 12.5. The van der Waals surface area contributed by atoms with Crippen LogP contribution in [0.25, 0.3) is 10.9 Å². The van der Waals surface area contributed by atoms with Crippen LogP contribution in [-0.4, -0.2) is 48.0 Å². The summed E-state index contributed by atoms with van der Waals surface area (Å²) in [5.41, 5.74) is 2.17. The first kappa shape index (κ1) is 17.9. The number of carbonyl (C=O) groups excluding carboxylic acids is 3. The first-order chi connectivity index (χ1) is 12.6. The minimum Gasteiger partial charge on any atom is -0.469 e. The number of para-hydroxylation sites is 1. The number of benzene rings is 1. The lowest BCUT2D eigenvalue weighted by Gasteiger charge is -2.20. The molecule has 0 radical (unpaired) electrons. The molecule has 1 heterocycles. The first-order valence-electron chi connectivity index (χ1n) is 8.32.